The molecule has 260 valence electrons. The van der Waals surface area contributed by atoms with Gasteiger partial charge in [0, 0.05) is 31.4 Å². The average molecular weight is 679 g/mol. The van der Waals surface area contributed by atoms with Gasteiger partial charge in [-0.1, -0.05) is 82.3 Å². The van der Waals surface area contributed by atoms with Crippen LogP contribution in [0.3, 0.4) is 0 Å². The molecule has 0 unspecified atom stereocenters. The molecule has 0 saturated carbocycles. The predicted molar refractivity (Wildman–Crippen MR) is 188 cm³/mol. The molecule has 3 atom stereocenters. The van der Waals surface area contributed by atoms with Crippen LogP contribution in [-0.2, 0) is 29.1 Å². The number of nitriles is 1. The number of nitrogens with zero attached hydrogens (tertiary/aromatic N) is 2. The predicted octanol–water partition coefficient (Wildman–Crippen LogP) is 7.12. The Labute approximate surface area is 286 Å². The Morgan fingerprint density at radius 2 is 1.40 bits per heavy atom. The van der Waals surface area contributed by atoms with Gasteiger partial charge in [0.05, 0.1) is 65.0 Å². The highest BCUT2D eigenvalue weighted by Crippen LogP contribution is 2.60. The lowest BCUT2D eigenvalue weighted by Gasteiger charge is -2.44. The van der Waals surface area contributed by atoms with E-state index < -0.39 is 31.1 Å². The SMILES string of the molecule is COCCO[C@@H]1CO[C@@H](COC(c2ccccc2)(c2ccc(OC)cc2)c2ccc(OC)cc2)[C@H]1N(CCC#N)P(=O)(C(C)C)C(C)C. The number of benzene rings is 3. The summed E-state index contributed by atoms with van der Waals surface area (Å²) in [5.41, 5.74) is 1.40. The number of methoxy groups -OCH3 is 3. The second-order valence-electron chi connectivity index (χ2n) is 12.5. The molecule has 0 radical (unpaired) electrons. The monoisotopic (exact) mass is 678 g/mol. The lowest BCUT2D eigenvalue weighted by atomic mass is 9.80. The standard InChI is InChI=1S/C38H51N2O7P/c1-28(2)48(41,29(3)4)40(23-11-22-39)37-35(45-25-24-42-5)26-46-36(37)27-47-38(30-12-9-8-10-13-30,31-14-18-33(43-6)19-15-31)32-16-20-34(44-7)21-17-32/h8-10,12-21,28-29,35-37H,11,23-27H2,1-7H3/t35-,36+,37+/m1/s1. The molecule has 9 nitrogen and oxygen atoms in total. The first-order valence-corrected chi connectivity index (χ1v) is 18.4. The number of ether oxygens (including phenoxy) is 6. The quantitative estimate of drug-likeness (QED) is 0.0791. The van der Waals surface area contributed by atoms with Crippen LogP contribution in [0.5, 0.6) is 11.5 Å². The molecular weight excluding hydrogens is 627 g/mol. The van der Waals surface area contributed by atoms with Gasteiger partial charge in [-0.15, -0.1) is 0 Å². The number of hydrogen-bond acceptors (Lipinski definition) is 8. The molecule has 3 aromatic carbocycles. The van der Waals surface area contributed by atoms with Crippen LogP contribution in [0.25, 0.3) is 0 Å². The van der Waals surface area contributed by atoms with E-state index in [2.05, 4.69) is 18.2 Å². The second-order valence-corrected chi connectivity index (χ2v) is 16.4. The minimum atomic E-state index is -3.02. The third-order valence-corrected chi connectivity index (χ3v) is 13.4. The van der Waals surface area contributed by atoms with Gasteiger partial charge < -0.3 is 33.0 Å². The van der Waals surface area contributed by atoms with E-state index in [1.165, 1.54) is 0 Å². The molecule has 0 aromatic heterocycles. The van der Waals surface area contributed by atoms with Crippen LogP contribution >= 0.6 is 7.29 Å². The molecule has 0 spiro atoms. The van der Waals surface area contributed by atoms with Gasteiger partial charge in [0.25, 0.3) is 0 Å². The summed E-state index contributed by atoms with van der Waals surface area (Å²) in [6.07, 6.45) is -0.683. The minimum absolute atomic E-state index is 0.139. The van der Waals surface area contributed by atoms with E-state index in [1.54, 1.807) is 21.3 Å². The van der Waals surface area contributed by atoms with E-state index in [9.17, 15) is 5.26 Å². The zero-order chi connectivity index (χ0) is 34.7. The average Bonchev–Trinajstić information content (AvgIpc) is 3.51. The summed E-state index contributed by atoms with van der Waals surface area (Å²) in [6.45, 7) is 9.55. The first kappa shape index (κ1) is 37.6. The lowest BCUT2D eigenvalue weighted by molar-refractivity contribution is -0.0569. The van der Waals surface area contributed by atoms with E-state index in [-0.39, 0.29) is 24.3 Å². The van der Waals surface area contributed by atoms with Crippen LogP contribution in [0, 0.1) is 11.3 Å². The largest absolute Gasteiger partial charge is 0.497 e. The van der Waals surface area contributed by atoms with Crippen LogP contribution < -0.4 is 9.47 Å². The van der Waals surface area contributed by atoms with Crippen molar-refractivity contribution in [1.29, 1.82) is 5.26 Å². The molecule has 1 aliphatic heterocycles. The topological polar surface area (TPSA) is 99.5 Å². The van der Waals surface area contributed by atoms with Crippen molar-refractivity contribution in [2.75, 3.05) is 54.3 Å². The Morgan fingerprint density at radius 3 is 1.88 bits per heavy atom. The Bertz CT molecular complexity index is 1430. The van der Waals surface area contributed by atoms with Crippen LogP contribution in [0.4, 0.5) is 0 Å². The van der Waals surface area contributed by atoms with Crippen molar-refractivity contribution in [3.63, 3.8) is 0 Å². The number of rotatable bonds is 18. The van der Waals surface area contributed by atoms with Crippen molar-refractivity contribution in [3.05, 3.63) is 95.6 Å². The summed E-state index contributed by atoms with van der Waals surface area (Å²) in [7, 11) is 1.91. The fourth-order valence-corrected chi connectivity index (χ4v) is 10.3. The molecule has 3 aromatic rings. The highest BCUT2D eigenvalue weighted by molar-refractivity contribution is 7.62. The van der Waals surface area contributed by atoms with Gasteiger partial charge in [0.2, 0.25) is 0 Å². The van der Waals surface area contributed by atoms with E-state index in [0.717, 1.165) is 28.2 Å². The Morgan fingerprint density at radius 1 is 0.854 bits per heavy atom. The molecule has 48 heavy (non-hydrogen) atoms. The third-order valence-electron chi connectivity index (χ3n) is 9.17. The molecule has 10 heteroatoms. The van der Waals surface area contributed by atoms with Gasteiger partial charge in [-0.2, -0.15) is 5.26 Å². The molecule has 1 saturated heterocycles. The summed E-state index contributed by atoms with van der Waals surface area (Å²) in [5.74, 6) is 1.47. The van der Waals surface area contributed by atoms with Crippen molar-refractivity contribution in [1.82, 2.24) is 4.67 Å². The fourth-order valence-electron chi connectivity index (χ4n) is 6.76. The summed E-state index contributed by atoms with van der Waals surface area (Å²) >= 11 is 0. The van der Waals surface area contributed by atoms with Crippen molar-refractivity contribution in [2.24, 2.45) is 0 Å². The molecule has 4 rings (SSSR count). The van der Waals surface area contributed by atoms with Crippen molar-refractivity contribution >= 4 is 7.29 Å². The first-order valence-electron chi connectivity index (χ1n) is 16.6. The van der Waals surface area contributed by atoms with Crippen LogP contribution in [0.15, 0.2) is 78.9 Å². The molecule has 0 aliphatic carbocycles. The summed E-state index contributed by atoms with van der Waals surface area (Å²) in [5, 5.41) is 9.68. The summed E-state index contributed by atoms with van der Waals surface area (Å²) in [4.78, 5) is 0. The zero-order valence-corrected chi connectivity index (χ0v) is 30.2. The smallest absolute Gasteiger partial charge is 0.155 e. The molecule has 0 N–H and O–H groups in total. The molecule has 0 amide bonds. The Hall–Kier alpha value is -3.22. The first-order chi connectivity index (χ1) is 23.2. The maximum Gasteiger partial charge on any atom is 0.155 e. The van der Waals surface area contributed by atoms with Crippen LogP contribution in [0.1, 0.15) is 50.8 Å². The van der Waals surface area contributed by atoms with E-state index in [4.69, 9.17) is 28.4 Å². The number of hydrogen-bond donors (Lipinski definition) is 0. The van der Waals surface area contributed by atoms with Crippen molar-refractivity contribution in [2.45, 2.75) is 69.3 Å². The molecule has 1 aliphatic rings. The lowest BCUT2D eigenvalue weighted by Crippen LogP contribution is -2.51. The van der Waals surface area contributed by atoms with Gasteiger partial charge in [-0.3, -0.25) is 0 Å². The third kappa shape index (κ3) is 7.97. The zero-order valence-electron chi connectivity index (χ0n) is 29.3. The second kappa shape index (κ2) is 17.4. The fraction of sp³-hybridized carbons (Fsp3) is 0.500. The van der Waals surface area contributed by atoms with E-state index in [0.29, 0.717) is 26.4 Å². The molecular formula is C38H51N2O7P. The highest BCUT2D eigenvalue weighted by Gasteiger charge is 2.51. The maximum absolute atomic E-state index is 15.0. The summed E-state index contributed by atoms with van der Waals surface area (Å²) in [6, 6.07) is 27.7. The molecule has 1 heterocycles. The van der Waals surface area contributed by atoms with Gasteiger partial charge in [-0.25, -0.2) is 4.67 Å². The Balaban J connectivity index is 1.85. The van der Waals surface area contributed by atoms with Gasteiger partial charge >= 0.3 is 0 Å². The Kier molecular flexibility index (Phi) is 13.7. The summed E-state index contributed by atoms with van der Waals surface area (Å²) < 4.78 is 53.5. The minimum Gasteiger partial charge on any atom is -0.497 e. The van der Waals surface area contributed by atoms with Gasteiger partial charge in [-0.05, 0) is 41.0 Å². The van der Waals surface area contributed by atoms with Crippen molar-refractivity contribution < 1.29 is 33.0 Å². The van der Waals surface area contributed by atoms with E-state index >= 15 is 4.57 Å². The van der Waals surface area contributed by atoms with Gasteiger partial charge in [0.15, 0.2) is 7.29 Å². The van der Waals surface area contributed by atoms with Gasteiger partial charge in [0.1, 0.15) is 17.1 Å². The van der Waals surface area contributed by atoms with Crippen molar-refractivity contribution in [3.8, 4) is 17.6 Å². The van der Waals surface area contributed by atoms with Crippen LogP contribution in [-0.4, -0.2) is 88.5 Å². The molecule has 1 fully saturated rings. The highest BCUT2D eigenvalue weighted by atomic mass is 31.2. The van der Waals surface area contributed by atoms with E-state index in [1.807, 2.05) is 99.1 Å². The maximum atomic E-state index is 15.0. The normalized spacial score (nSPS) is 18.4. The molecule has 0 bridgehead atoms. The van der Waals surface area contributed by atoms with Crippen LogP contribution in [0.2, 0.25) is 0 Å².